The van der Waals surface area contributed by atoms with Crippen LogP contribution in [0.4, 0.5) is 5.69 Å². The molecule has 3 aromatic rings. The number of benzene rings is 2. The van der Waals surface area contributed by atoms with Gasteiger partial charge in [0.05, 0.1) is 11.5 Å². The van der Waals surface area contributed by atoms with Crippen molar-refractivity contribution in [3.05, 3.63) is 65.3 Å². The van der Waals surface area contributed by atoms with E-state index in [0.29, 0.717) is 16.3 Å². The summed E-state index contributed by atoms with van der Waals surface area (Å²) in [6, 6.07) is 14.3. The van der Waals surface area contributed by atoms with Crippen molar-refractivity contribution in [3.63, 3.8) is 0 Å². The number of hydrazine groups is 1. The molecular formula is C20H17ClN4O3. The van der Waals surface area contributed by atoms with Gasteiger partial charge in [-0.25, -0.2) is 0 Å². The highest BCUT2D eigenvalue weighted by Crippen LogP contribution is 2.27. The fourth-order valence-electron chi connectivity index (χ4n) is 3.32. The number of anilines is 1. The number of carbonyl (C=O) groups is 3. The second-order valence-corrected chi connectivity index (χ2v) is 7.01. The van der Waals surface area contributed by atoms with Crippen LogP contribution in [0.2, 0.25) is 5.02 Å². The number of aromatic nitrogens is 1. The summed E-state index contributed by atoms with van der Waals surface area (Å²) in [5.74, 6) is -1.56. The third-order valence-electron chi connectivity index (χ3n) is 4.75. The van der Waals surface area contributed by atoms with Gasteiger partial charge in [-0.1, -0.05) is 35.9 Å². The molecule has 2 heterocycles. The Balaban J connectivity index is 1.39. The van der Waals surface area contributed by atoms with Crippen molar-refractivity contribution in [1.29, 1.82) is 0 Å². The third kappa shape index (κ3) is 3.44. The average Bonchev–Trinajstić information content (AvgIpc) is 3.29. The minimum atomic E-state index is -0.560. The molecule has 142 valence electrons. The molecule has 0 bridgehead atoms. The predicted octanol–water partition coefficient (Wildman–Crippen LogP) is 2.64. The smallest absolute Gasteiger partial charge is 0.271 e. The van der Waals surface area contributed by atoms with Crippen LogP contribution in [-0.2, 0) is 9.59 Å². The first-order chi connectivity index (χ1) is 13.5. The molecule has 1 unspecified atom stereocenters. The molecule has 1 aliphatic rings. The number of amides is 3. The summed E-state index contributed by atoms with van der Waals surface area (Å²) >= 11 is 5.98. The van der Waals surface area contributed by atoms with E-state index in [1.165, 1.54) is 4.90 Å². The predicted molar refractivity (Wildman–Crippen MR) is 106 cm³/mol. The van der Waals surface area contributed by atoms with Gasteiger partial charge in [0.1, 0.15) is 0 Å². The van der Waals surface area contributed by atoms with E-state index in [9.17, 15) is 14.4 Å². The van der Waals surface area contributed by atoms with Gasteiger partial charge >= 0.3 is 0 Å². The van der Waals surface area contributed by atoms with Crippen molar-refractivity contribution in [1.82, 2.24) is 15.8 Å². The zero-order valence-electron chi connectivity index (χ0n) is 14.7. The maximum Gasteiger partial charge on any atom is 0.271 e. The monoisotopic (exact) mass is 396 g/mol. The first kappa shape index (κ1) is 18.1. The SMILES string of the molecule is O=C(NNC(=O)C1CC(=O)N(c2cccc(Cl)c2)C1)c1c[nH]c2ccccc12. The van der Waals surface area contributed by atoms with Gasteiger partial charge in [0, 0.05) is 40.8 Å². The highest BCUT2D eigenvalue weighted by Gasteiger charge is 2.35. The maximum atomic E-state index is 12.4. The number of carbonyl (C=O) groups excluding carboxylic acids is 3. The van der Waals surface area contributed by atoms with Crippen molar-refractivity contribution in [3.8, 4) is 0 Å². The highest BCUT2D eigenvalue weighted by molar-refractivity contribution is 6.31. The van der Waals surface area contributed by atoms with Crippen LogP contribution in [0, 0.1) is 5.92 Å². The van der Waals surface area contributed by atoms with Crippen molar-refractivity contribution in [2.45, 2.75) is 6.42 Å². The van der Waals surface area contributed by atoms with Crippen LogP contribution in [0.25, 0.3) is 10.9 Å². The zero-order chi connectivity index (χ0) is 19.7. The molecule has 1 atom stereocenters. The molecule has 3 amide bonds. The van der Waals surface area contributed by atoms with E-state index < -0.39 is 17.7 Å². The molecule has 1 fully saturated rings. The molecule has 0 aliphatic carbocycles. The molecule has 0 radical (unpaired) electrons. The third-order valence-corrected chi connectivity index (χ3v) is 4.98. The summed E-state index contributed by atoms with van der Waals surface area (Å²) in [6.45, 7) is 0.230. The number of para-hydroxylation sites is 1. The Hall–Kier alpha value is -3.32. The summed E-state index contributed by atoms with van der Waals surface area (Å²) in [6.07, 6.45) is 1.66. The topological polar surface area (TPSA) is 94.3 Å². The maximum absolute atomic E-state index is 12.4. The second kappa shape index (κ2) is 7.36. The van der Waals surface area contributed by atoms with Gasteiger partial charge in [-0.05, 0) is 24.3 Å². The van der Waals surface area contributed by atoms with Gasteiger partial charge < -0.3 is 9.88 Å². The van der Waals surface area contributed by atoms with Crippen LogP contribution < -0.4 is 15.8 Å². The van der Waals surface area contributed by atoms with E-state index in [0.717, 1.165) is 10.9 Å². The number of halogens is 1. The molecule has 0 spiro atoms. The van der Waals surface area contributed by atoms with Crippen LogP contribution in [0.3, 0.4) is 0 Å². The number of hydrogen-bond donors (Lipinski definition) is 3. The summed E-state index contributed by atoms with van der Waals surface area (Å²) in [5.41, 5.74) is 6.76. The molecule has 3 N–H and O–H groups in total. The average molecular weight is 397 g/mol. The first-order valence-electron chi connectivity index (χ1n) is 8.75. The van der Waals surface area contributed by atoms with Gasteiger partial charge in [0.25, 0.3) is 5.91 Å². The Morgan fingerprint density at radius 2 is 1.93 bits per heavy atom. The minimum absolute atomic E-state index is 0.0707. The number of hydrogen-bond acceptors (Lipinski definition) is 3. The Morgan fingerprint density at radius 1 is 1.11 bits per heavy atom. The standard InChI is InChI=1S/C20H17ClN4O3/c21-13-4-3-5-14(9-13)25-11-12(8-18(25)26)19(27)23-24-20(28)16-10-22-17-7-2-1-6-15(16)17/h1-7,9-10,12,22H,8,11H2,(H,23,27)(H,24,28). The molecule has 7 nitrogen and oxygen atoms in total. The molecule has 2 aromatic carbocycles. The fourth-order valence-corrected chi connectivity index (χ4v) is 3.51. The van der Waals surface area contributed by atoms with Gasteiger partial charge in [-0.2, -0.15) is 0 Å². The molecular weight excluding hydrogens is 380 g/mol. The van der Waals surface area contributed by atoms with Gasteiger partial charge in [0.15, 0.2) is 0 Å². The number of nitrogens with zero attached hydrogens (tertiary/aromatic N) is 1. The molecule has 8 heteroatoms. The second-order valence-electron chi connectivity index (χ2n) is 6.58. The van der Waals surface area contributed by atoms with Crippen LogP contribution in [0.5, 0.6) is 0 Å². The van der Waals surface area contributed by atoms with Crippen LogP contribution in [0.15, 0.2) is 54.7 Å². The van der Waals surface area contributed by atoms with E-state index in [2.05, 4.69) is 15.8 Å². The Bertz CT molecular complexity index is 1080. The zero-order valence-corrected chi connectivity index (χ0v) is 15.5. The van der Waals surface area contributed by atoms with E-state index in [1.807, 2.05) is 24.3 Å². The van der Waals surface area contributed by atoms with Crippen molar-refractivity contribution < 1.29 is 14.4 Å². The van der Waals surface area contributed by atoms with Crippen molar-refractivity contribution >= 4 is 45.9 Å². The number of aromatic amines is 1. The fraction of sp³-hybridized carbons (Fsp3) is 0.150. The molecule has 28 heavy (non-hydrogen) atoms. The largest absolute Gasteiger partial charge is 0.360 e. The van der Waals surface area contributed by atoms with Gasteiger partial charge in [-0.15, -0.1) is 0 Å². The number of H-pyrrole nitrogens is 1. The van der Waals surface area contributed by atoms with Crippen molar-refractivity contribution in [2.75, 3.05) is 11.4 Å². The highest BCUT2D eigenvalue weighted by atomic mass is 35.5. The lowest BCUT2D eigenvalue weighted by Crippen LogP contribution is -2.45. The summed E-state index contributed by atoms with van der Waals surface area (Å²) < 4.78 is 0. The van der Waals surface area contributed by atoms with Crippen LogP contribution in [0.1, 0.15) is 16.8 Å². The molecule has 1 aromatic heterocycles. The van der Waals surface area contributed by atoms with Crippen LogP contribution in [-0.4, -0.2) is 29.3 Å². The van der Waals surface area contributed by atoms with Crippen molar-refractivity contribution in [2.24, 2.45) is 5.92 Å². The van der Waals surface area contributed by atoms with E-state index in [4.69, 9.17) is 11.6 Å². The normalized spacial score (nSPS) is 16.4. The first-order valence-corrected chi connectivity index (χ1v) is 9.13. The summed E-state index contributed by atoms with van der Waals surface area (Å²) in [4.78, 5) is 41.6. The van der Waals surface area contributed by atoms with Gasteiger partial charge in [0.2, 0.25) is 11.8 Å². The van der Waals surface area contributed by atoms with E-state index in [1.54, 1.807) is 30.5 Å². The Kier molecular flexibility index (Phi) is 4.75. The number of fused-ring (bicyclic) bond motifs is 1. The van der Waals surface area contributed by atoms with Gasteiger partial charge in [-0.3, -0.25) is 25.2 Å². The molecule has 0 saturated carbocycles. The minimum Gasteiger partial charge on any atom is -0.360 e. The lowest BCUT2D eigenvalue weighted by Gasteiger charge is -2.17. The lowest BCUT2D eigenvalue weighted by molar-refractivity contribution is -0.126. The summed E-state index contributed by atoms with van der Waals surface area (Å²) in [5, 5.41) is 1.28. The number of rotatable bonds is 3. The number of nitrogens with one attached hydrogen (secondary N) is 3. The molecule has 4 rings (SSSR count). The van der Waals surface area contributed by atoms with Crippen LogP contribution >= 0.6 is 11.6 Å². The molecule has 1 saturated heterocycles. The quantitative estimate of drug-likeness (QED) is 0.594. The molecule has 1 aliphatic heterocycles. The van der Waals surface area contributed by atoms with E-state index in [-0.39, 0.29) is 18.9 Å². The van der Waals surface area contributed by atoms with E-state index >= 15 is 0 Å². The Labute approximate surface area is 165 Å². The lowest BCUT2D eigenvalue weighted by atomic mass is 10.1. The summed E-state index contributed by atoms with van der Waals surface area (Å²) in [7, 11) is 0. The Morgan fingerprint density at radius 3 is 2.75 bits per heavy atom.